The maximum Gasteiger partial charge on any atom is 0.271 e. The Morgan fingerprint density at radius 2 is 2.47 bits per heavy atom. The summed E-state index contributed by atoms with van der Waals surface area (Å²) in [5.41, 5.74) is 6.66. The third-order valence-electron chi connectivity index (χ3n) is 2.16. The fourth-order valence-corrected chi connectivity index (χ4v) is 1.98. The van der Waals surface area contributed by atoms with E-state index in [1.54, 1.807) is 10.1 Å². The molecule has 6 nitrogen and oxygen atoms in total. The molecule has 0 aliphatic carbocycles. The number of carbonyl (C=O) groups is 1. The Kier molecular flexibility index (Phi) is 3.50. The monoisotopic (exact) mass is 251 g/mol. The van der Waals surface area contributed by atoms with E-state index in [9.17, 15) is 4.79 Å². The van der Waals surface area contributed by atoms with Gasteiger partial charge in [-0.05, 0) is 6.07 Å². The molecule has 1 amide bonds. The molecule has 0 aromatic carbocycles. The molecule has 3 N–H and O–H groups in total. The van der Waals surface area contributed by atoms with E-state index in [2.05, 4.69) is 15.4 Å². The van der Waals surface area contributed by atoms with Crippen molar-refractivity contribution in [2.45, 2.75) is 13.1 Å². The van der Waals surface area contributed by atoms with Crippen LogP contribution >= 0.6 is 11.3 Å². The molecule has 0 saturated heterocycles. The fraction of sp³-hybridized carbons (Fsp3) is 0.300. The van der Waals surface area contributed by atoms with E-state index in [4.69, 9.17) is 5.73 Å². The third-order valence-corrected chi connectivity index (χ3v) is 3.03. The Morgan fingerprint density at radius 3 is 3.06 bits per heavy atom. The second-order valence-corrected chi connectivity index (χ2v) is 4.44. The minimum atomic E-state index is -0.202. The lowest BCUT2D eigenvalue weighted by molar-refractivity contribution is 0.0946. The van der Waals surface area contributed by atoms with Gasteiger partial charge < -0.3 is 11.1 Å². The standard InChI is InChI=1S/C10H13N5OS/c1-15-3-2-7(14-15)5-12-10(16)8-6-17-9(4-11)13-8/h2-3,6H,4-5,11H2,1H3,(H,12,16). The van der Waals surface area contributed by atoms with Gasteiger partial charge in [0, 0.05) is 25.2 Å². The van der Waals surface area contributed by atoms with Crippen LogP contribution in [0.4, 0.5) is 0 Å². The third kappa shape index (κ3) is 2.89. The highest BCUT2D eigenvalue weighted by molar-refractivity contribution is 7.09. The highest BCUT2D eigenvalue weighted by Crippen LogP contribution is 2.08. The molecule has 0 radical (unpaired) electrons. The first-order chi connectivity index (χ1) is 8.19. The summed E-state index contributed by atoms with van der Waals surface area (Å²) in [6.07, 6.45) is 1.83. The maximum atomic E-state index is 11.7. The lowest BCUT2D eigenvalue weighted by Crippen LogP contribution is -2.23. The minimum Gasteiger partial charge on any atom is -0.345 e. The van der Waals surface area contributed by atoms with Crippen molar-refractivity contribution >= 4 is 17.2 Å². The number of nitrogens with zero attached hydrogens (tertiary/aromatic N) is 3. The van der Waals surface area contributed by atoms with Crippen LogP contribution in [-0.4, -0.2) is 20.7 Å². The van der Waals surface area contributed by atoms with Gasteiger partial charge in [0.1, 0.15) is 10.7 Å². The number of aryl methyl sites for hydroxylation is 1. The Labute approximate surface area is 102 Å². The zero-order valence-electron chi connectivity index (χ0n) is 9.38. The summed E-state index contributed by atoms with van der Waals surface area (Å²) < 4.78 is 1.69. The lowest BCUT2D eigenvalue weighted by atomic mass is 10.4. The molecule has 0 spiro atoms. The molecule has 0 bridgehead atoms. The molecule has 0 fully saturated rings. The van der Waals surface area contributed by atoms with Gasteiger partial charge in [0.2, 0.25) is 0 Å². The zero-order chi connectivity index (χ0) is 12.3. The van der Waals surface area contributed by atoms with Crippen molar-refractivity contribution in [3.8, 4) is 0 Å². The van der Waals surface area contributed by atoms with E-state index < -0.39 is 0 Å². The number of aromatic nitrogens is 3. The molecule has 0 atom stereocenters. The summed E-state index contributed by atoms with van der Waals surface area (Å²) in [4.78, 5) is 15.8. The van der Waals surface area contributed by atoms with Crippen molar-refractivity contribution in [2.24, 2.45) is 12.8 Å². The van der Waals surface area contributed by atoms with Gasteiger partial charge in [-0.25, -0.2) is 4.98 Å². The second-order valence-electron chi connectivity index (χ2n) is 3.49. The number of amides is 1. The van der Waals surface area contributed by atoms with Gasteiger partial charge in [0.15, 0.2) is 0 Å². The molecule has 0 unspecified atom stereocenters. The van der Waals surface area contributed by atoms with Crippen LogP contribution in [0.2, 0.25) is 0 Å². The van der Waals surface area contributed by atoms with Crippen LogP contribution in [0.25, 0.3) is 0 Å². The van der Waals surface area contributed by atoms with Gasteiger partial charge in [0.25, 0.3) is 5.91 Å². The summed E-state index contributed by atoms with van der Waals surface area (Å²) in [6, 6.07) is 1.85. The summed E-state index contributed by atoms with van der Waals surface area (Å²) in [6.45, 7) is 0.757. The largest absolute Gasteiger partial charge is 0.345 e. The minimum absolute atomic E-state index is 0.202. The number of thiazole rings is 1. The number of hydrogen-bond donors (Lipinski definition) is 2. The Bertz CT molecular complexity index is 518. The van der Waals surface area contributed by atoms with E-state index in [0.717, 1.165) is 10.7 Å². The number of carbonyl (C=O) groups excluding carboxylic acids is 1. The van der Waals surface area contributed by atoms with Crippen LogP contribution in [0.3, 0.4) is 0 Å². The molecule has 0 saturated carbocycles. The van der Waals surface area contributed by atoms with Crippen molar-refractivity contribution in [1.29, 1.82) is 0 Å². The van der Waals surface area contributed by atoms with Gasteiger partial charge in [-0.3, -0.25) is 9.48 Å². The van der Waals surface area contributed by atoms with Gasteiger partial charge in [-0.2, -0.15) is 5.10 Å². The highest BCUT2D eigenvalue weighted by atomic mass is 32.1. The van der Waals surface area contributed by atoms with E-state index in [0.29, 0.717) is 18.8 Å². The molecule has 0 aliphatic rings. The first kappa shape index (κ1) is 11.7. The van der Waals surface area contributed by atoms with E-state index in [1.807, 2.05) is 19.3 Å². The molecule has 2 aromatic rings. The molecular weight excluding hydrogens is 238 g/mol. The van der Waals surface area contributed by atoms with E-state index >= 15 is 0 Å². The number of rotatable bonds is 4. The molecule has 0 aliphatic heterocycles. The average Bonchev–Trinajstić information content (AvgIpc) is 2.94. The normalized spacial score (nSPS) is 10.5. The lowest BCUT2D eigenvalue weighted by Gasteiger charge is -1.99. The summed E-state index contributed by atoms with van der Waals surface area (Å²) in [5, 5.41) is 9.38. The molecule has 17 heavy (non-hydrogen) atoms. The summed E-state index contributed by atoms with van der Waals surface area (Å²) >= 11 is 1.39. The fourth-order valence-electron chi connectivity index (χ4n) is 1.33. The number of hydrogen-bond acceptors (Lipinski definition) is 5. The number of nitrogens with two attached hydrogens (primary N) is 1. The Balaban J connectivity index is 1.93. The predicted molar refractivity (Wildman–Crippen MR) is 64.4 cm³/mol. The van der Waals surface area contributed by atoms with Gasteiger partial charge >= 0.3 is 0 Å². The average molecular weight is 251 g/mol. The van der Waals surface area contributed by atoms with Crippen LogP contribution in [0, 0.1) is 0 Å². The molecular formula is C10H13N5OS. The van der Waals surface area contributed by atoms with Crippen molar-refractivity contribution in [3.05, 3.63) is 34.0 Å². The van der Waals surface area contributed by atoms with Crippen molar-refractivity contribution in [2.75, 3.05) is 0 Å². The van der Waals surface area contributed by atoms with Gasteiger partial charge in [-0.1, -0.05) is 0 Å². The first-order valence-corrected chi connectivity index (χ1v) is 5.98. The van der Waals surface area contributed by atoms with Crippen LogP contribution < -0.4 is 11.1 Å². The predicted octanol–water partition coefficient (Wildman–Crippen LogP) is 0.265. The SMILES string of the molecule is Cn1ccc(CNC(=O)c2csc(CN)n2)n1. The molecule has 2 aromatic heterocycles. The van der Waals surface area contributed by atoms with Crippen LogP contribution in [-0.2, 0) is 20.1 Å². The molecule has 2 heterocycles. The van der Waals surface area contributed by atoms with E-state index in [1.165, 1.54) is 11.3 Å². The smallest absolute Gasteiger partial charge is 0.271 e. The summed E-state index contributed by atoms with van der Waals surface area (Å²) in [7, 11) is 1.83. The van der Waals surface area contributed by atoms with Crippen molar-refractivity contribution in [3.63, 3.8) is 0 Å². The van der Waals surface area contributed by atoms with Crippen LogP contribution in [0.1, 0.15) is 21.2 Å². The topological polar surface area (TPSA) is 85.8 Å². The summed E-state index contributed by atoms with van der Waals surface area (Å²) in [5.74, 6) is -0.202. The zero-order valence-corrected chi connectivity index (χ0v) is 10.2. The Morgan fingerprint density at radius 1 is 1.65 bits per heavy atom. The van der Waals surface area contributed by atoms with E-state index in [-0.39, 0.29) is 5.91 Å². The van der Waals surface area contributed by atoms with Crippen LogP contribution in [0.15, 0.2) is 17.6 Å². The quantitative estimate of drug-likeness (QED) is 0.816. The molecule has 90 valence electrons. The van der Waals surface area contributed by atoms with Crippen LogP contribution in [0.5, 0.6) is 0 Å². The maximum absolute atomic E-state index is 11.7. The van der Waals surface area contributed by atoms with Gasteiger partial charge in [-0.15, -0.1) is 11.3 Å². The molecule has 2 rings (SSSR count). The second kappa shape index (κ2) is 5.07. The highest BCUT2D eigenvalue weighted by Gasteiger charge is 2.10. The number of nitrogens with one attached hydrogen (secondary N) is 1. The Hall–Kier alpha value is -1.73. The molecule has 7 heteroatoms. The van der Waals surface area contributed by atoms with Crippen molar-refractivity contribution in [1.82, 2.24) is 20.1 Å². The first-order valence-electron chi connectivity index (χ1n) is 5.10. The van der Waals surface area contributed by atoms with Gasteiger partial charge in [0.05, 0.1) is 12.2 Å². The van der Waals surface area contributed by atoms with Crippen molar-refractivity contribution < 1.29 is 4.79 Å².